The van der Waals surface area contributed by atoms with Gasteiger partial charge in [0.25, 0.3) is 5.56 Å². The van der Waals surface area contributed by atoms with Crippen molar-refractivity contribution in [3.05, 3.63) is 58.5 Å². The number of nitrogens with one attached hydrogen (secondary N) is 3. The molecule has 156 valence electrons. The van der Waals surface area contributed by atoms with E-state index in [1.165, 1.54) is 0 Å². The summed E-state index contributed by atoms with van der Waals surface area (Å²) in [5.41, 5.74) is 3.20. The molecule has 0 saturated carbocycles. The Morgan fingerprint density at radius 3 is 2.77 bits per heavy atom. The first kappa shape index (κ1) is 20.2. The number of benzene rings is 1. The number of halogens is 1. The van der Waals surface area contributed by atoms with E-state index < -0.39 is 0 Å². The summed E-state index contributed by atoms with van der Waals surface area (Å²) in [6.45, 7) is 1.90. The fourth-order valence-electron chi connectivity index (χ4n) is 4.04. The number of H-pyrrole nitrogens is 1. The van der Waals surface area contributed by atoms with Crippen molar-refractivity contribution >= 4 is 40.5 Å². The first-order valence-corrected chi connectivity index (χ1v) is 9.76. The van der Waals surface area contributed by atoms with E-state index in [4.69, 9.17) is 9.84 Å². The summed E-state index contributed by atoms with van der Waals surface area (Å²) in [6, 6.07) is 13.1. The number of aromatic amines is 1. The van der Waals surface area contributed by atoms with Crippen molar-refractivity contribution in [1.82, 2.24) is 24.9 Å². The zero-order valence-electron chi connectivity index (χ0n) is 16.5. The highest BCUT2D eigenvalue weighted by Gasteiger charge is 2.21. The first-order valence-electron chi connectivity index (χ1n) is 9.76. The van der Waals surface area contributed by atoms with Crippen LogP contribution in [0.4, 0.5) is 11.5 Å². The summed E-state index contributed by atoms with van der Waals surface area (Å²) in [4.78, 5) is 19.9. The number of pyridine rings is 1. The Morgan fingerprint density at radius 2 is 1.97 bits per heavy atom. The van der Waals surface area contributed by atoms with Crippen LogP contribution in [0, 0.1) is 0 Å². The minimum Gasteiger partial charge on any atom is -0.481 e. The van der Waals surface area contributed by atoms with Gasteiger partial charge in [-0.1, -0.05) is 12.1 Å². The molecule has 0 radical (unpaired) electrons. The van der Waals surface area contributed by atoms with Crippen molar-refractivity contribution in [1.29, 1.82) is 0 Å². The van der Waals surface area contributed by atoms with Gasteiger partial charge in [-0.2, -0.15) is 10.1 Å². The maximum Gasteiger partial charge on any atom is 0.251 e. The molecule has 1 aliphatic rings. The van der Waals surface area contributed by atoms with Gasteiger partial charge in [-0.15, -0.1) is 12.4 Å². The van der Waals surface area contributed by atoms with Crippen molar-refractivity contribution in [2.45, 2.75) is 18.8 Å². The number of rotatable bonds is 4. The smallest absolute Gasteiger partial charge is 0.251 e. The van der Waals surface area contributed by atoms with Crippen molar-refractivity contribution in [2.75, 3.05) is 25.5 Å². The SMILES string of the molecule is COc1cccc(Nc2cccc3nn4c(C5CCNCC5)cc(=O)[nH]c4c23)n1.Cl. The summed E-state index contributed by atoms with van der Waals surface area (Å²) in [5.74, 6) is 1.50. The Hall–Kier alpha value is -3.10. The predicted molar refractivity (Wildman–Crippen MR) is 119 cm³/mol. The molecule has 9 heteroatoms. The first-order chi connectivity index (χ1) is 14.2. The van der Waals surface area contributed by atoms with E-state index in [1.54, 1.807) is 19.2 Å². The molecule has 0 atom stereocenters. The van der Waals surface area contributed by atoms with Crippen LogP contribution in [-0.4, -0.2) is 39.8 Å². The van der Waals surface area contributed by atoms with Crippen LogP contribution < -0.4 is 20.9 Å². The van der Waals surface area contributed by atoms with Crippen LogP contribution in [0.5, 0.6) is 5.88 Å². The van der Waals surface area contributed by atoms with E-state index in [0.29, 0.717) is 23.3 Å². The van der Waals surface area contributed by atoms with Gasteiger partial charge in [0.05, 0.1) is 29.4 Å². The van der Waals surface area contributed by atoms with Crippen molar-refractivity contribution in [3.8, 4) is 5.88 Å². The maximum atomic E-state index is 12.5. The molecule has 0 bridgehead atoms. The summed E-state index contributed by atoms with van der Waals surface area (Å²) in [7, 11) is 1.59. The summed E-state index contributed by atoms with van der Waals surface area (Å²) in [5, 5.41) is 12.4. The van der Waals surface area contributed by atoms with Crippen molar-refractivity contribution in [2.24, 2.45) is 0 Å². The highest BCUT2D eigenvalue weighted by atomic mass is 35.5. The lowest BCUT2D eigenvalue weighted by Gasteiger charge is -2.23. The number of hydrogen-bond donors (Lipinski definition) is 3. The number of anilines is 2. The minimum absolute atomic E-state index is 0. The van der Waals surface area contributed by atoms with E-state index in [9.17, 15) is 4.79 Å². The standard InChI is InChI=1S/C21H22N6O2.ClH/c1-29-19-7-3-6-17(24-19)23-14-4-2-5-15-20(14)21-25-18(28)12-16(27(21)26-15)13-8-10-22-11-9-13;/h2-7,12-13,22H,8-11H2,1H3,(H,23,24)(H,25,28);1H. The molecule has 3 N–H and O–H groups in total. The third kappa shape index (κ3) is 3.59. The highest BCUT2D eigenvalue weighted by Crippen LogP contribution is 2.31. The summed E-state index contributed by atoms with van der Waals surface area (Å²) >= 11 is 0. The van der Waals surface area contributed by atoms with E-state index in [2.05, 4.69) is 20.6 Å². The van der Waals surface area contributed by atoms with E-state index in [0.717, 1.165) is 48.2 Å². The quantitative estimate of drug-likeness (QED) is 0.463. The Balaban J connectivity index is 0.00000218. The zero-order valence-corrected chi connectivity index (χ0v) is 17.3. The normalized spacial score (nSPS) is 14.6. The molecule has 1 fully saturated rings. The molecule has 1 aliphatic heterocycles. The lowest BCUT2D eigenvalue weighted by atomic mass is 9.94. The second-order valence-corrected chi connectivity index (χ2v) is 7.23. The molecule has 4 heterocycles. The number of fused-ring (bicyclic) bond motifs is 3. The average molecular weight is 427 g/mol. The number of piperidine rings is 1. The predicted octanol–water partition coefficient (Wildman–Crippen LogP) is 3.21. The molecular weight excluding hydrogens is 404 g/mol. The van der Waals surface area contributed by atoms with Crippen LogP contribution in [-0.2, 0) is 0 Å². The van der Waals surface area contributed by atoms with Gasteiger partial charge in [0.2, 0.25) is 5.88 Å². The van der Waals surface area contributed by atoms with Gasteiger partial charge in [0.1, 0.15) is 11.5 Å². The van der Waals surface area contributed by atoms with Gasteiger partial charge in [0.15, 0.2) is 0 Å². The number of aromatic nitrogens is 4. The monoisotopic (exact) mass is 426 g/mol. The van der Waals surface area contributed by atoms with Crippen LogP contribution in [0.3, 0.4) is 0 Å². The van der Waals surface area contributed by atoms with E-state index in [1.807, 2.05) is 34.8 Å². The molecule has 0 amide bonds. The molecule has 3 aromatic heterocycles. The maximum absolute atomic E-state index is 12.5. The van der Waals surface area contributed by atoms with E-state index in [-0.39, 0.29) is 18.0 Å². The Bertz CT molecular complexity index is 1250. The third-order valence-electron chi connectivity index (χ3n) is 5.42. The Morgan fingerprint density at radius 1 is 1.17 bits per heavy atom. The number of methoxy groups -OCH3 is 1. The molecule has 30 heavy (non-hydrogen) atoms. The lowest BCUT2D eigenvalue weighted by Crippen LogP contribution is -2.28. The number of hydrogen-bond acceptors (Lipinski definition) is 6. The van der Waals surface area contributed by atoms with Gasteiger partial charge in [0, 0.05) is 18.1 Å². The molecule has 4 aromatic rings. The third-order valence-corrected chi connectivity index (χ3v) is 5.42. The largest absolute Gasteiger partial charge is 0.481 e. The van der Waals surface area contributed by atoms with Crippen LogP contribution in [0.25, 0.3) is 16.6 Å². The summed E-state index contributed by atoms with van der Waals surface area (Å²) in [6.07, 6.45) is 1.99. The molecule has 0 spiro atoms. The molecule has 8 nitrogen and oxygen atoms in total. The number of ether oxygens (including phenoxy) is 1. The fraction of sp³-hybridized carbons (Fsp3) is 0.286. The van der Waals surface area contributed by atoms with Crippen LogP contribution in [0.2, 0.25) is 0 Å². The van der Waals surface area contributed by atoms with Gasteiger partial charge in [-0.3, -0.25) is 4.79 Å². The van der Waals surface area contributed by atoms with Crippen LogP contribution in [0.15, 0.2) is 47.3 Å². The molecule has 1 aromatic carbocycles. The number of nitrogens with zero attached hydrogens (tertiary/aromatic N) is 3. The second-order valence-electron chi connectivity index (χ2n) is 7.23. The van der Waals surface area contributed by atoms with Gasteiger partial charge in [-0.05, 0) is 44.1 Å². The second kappa shape index (κ2) is 8.33. The minimum atomic E-state index is -0.109. The topological polar surface area (TPSA) is 96.3 Å². The van der Waals surface area contributed by atoms with Crippen LogP contribution >= 0.6 is 12.4 Å². The van der Waals surface area contributed by atoms with Gasteiger partial charge in [-0.25, -0.2) is 4.52 Å². The van der Waals surface area contributed by atoms with Gasteiger partial charge >= 0.3 is 0 Å². The Kier molecular flexibility index (Phi) is 5.61. The van der Waals surface area contributed by atoms with E-state index >= 15 is 0 Å². The highest BCUT2D eigenvalue weighted by molar-refractivity contribution is 6.03. The lowest BCUT2D eigenvalue weighted by molar-refractivity contribution is 0.398. The molecule has 5 rings (SSSR count). The molecule has 1 saturated heterocycles. The van der Waals surface area contributed by atoms with Gasteiger partial charge < -0.3 is 20.4 Å². The van der Waals surface area contributed by atoms with Crippen molar-refractivity contribution in [3.63, 3.8) is 0 Å². The molecular formula is C21H23ClN6O2. The fourth-order valence-corrected chi connectivity index (χ4v) is 4.04. The molecule has 0 aliphatic carbocycles. The summed E-state index contributed by atoms with van der Waals surface area (Å²) < 4.78 is 7.11. The van der Waals surface area contributed by atoms with Crippen molar-refractivity contribution < 1.29 is 4.74 Å². The van der Waals surface area contributed by atoms with Crippen LogP contribution in [0.1, 0.15) is 24.5 Å². The zero-order chi connectivity index (χ0) is 19.8. The average Bonchev–Trinajstić information content (AvgIpc) is 3.13. The molecule has 0 unspecified atom stereocenters. The Labute approximate surface area is 179 Å².